The minimum Gasteiger partial charge on any atom is -0.304 e. The maximum atomic E-state index is 13.2. The second kappa shape index (κ2) is 8.16. The molecule has 0 radical (unpaired) electrons. The van der Waals surface area contributed by atoms with E-state index in [2.05, 4.69) is 63.6 Å². The van der Waals surface area contributed by atoms with E-state index in [1.165, 1.54) is 23.3 Å². The molecule has 4 rings (SSSR count). The Morgan fingerprint density at radius 2 is 1.64 bits per heavy atom. The van der Waals surface area contributed by atoms with Gasteiger partial charge in [0.25, 0.3) is 0 Å². The third-order valence-corrected chi connectivity index (χ3v) is 5.35. The van der Waals surface area contributed by atoms with Gasteiger partial charge in [0.1, 0.15) is 5.82 Å². The predicted molar refractivity (Wildman–Crippen MR) is 105 cm³/mol. The van der Waals surface area contributed by atoms with Crippen LogP contribution in [0, 0.1) is 12.7 Å². The lowest BCUT2D eigenvalue weighted by atomic mass is 10.0. The Hall–Kier alpha value is -2.64. The van der Waals surface area contributed by atoms with E-state index in [-0.39, 0.29) is 11.9 Å². The Labute approximate surface area is 164 Å². The number of nitrogens with zero attached hydrogens (tertiary/aromatic N) is 6. The van der Waals surface area contributed by atoms with Crippen LogP contribution in [0.25, 0.3) is 0 Å². The summed E-state index contributed by atoms with van der Waals surface area (Å²) in [6.07, 6.45) is 0. The van der Waals surface area contributed by atoms with E-state index in [4.69, 9.17) is 0 Å². The molecule has 28 heavy (non-hydrogen) atoms. The van der Waals surface area contributed by atoms with Gasteiger partial charge in [0, 0.05) is 26.2 Å². The highest BCUT2D eigenvalue weighted by Gasteiger charge is 2.29. The predicted octanol–water partition coefficient (Wildman–Crippen LogP) is 2.51. The number of tetrazole rings is 1. The van der Waals surface area contributed by atoms with Gasteiger partial charge in [0.15, 0.2) is 5.82 Å². The molecule has 1 aromatic heterocycles. The third-order valence-electron chi connectivity index (χ3n) is 5.35. The van der Waals surface area contributed by atoms with Crippen molar-refractivity contribution in [1.29, 1.82) is 0 Å². The van der Waals surface area contributed by atoms with Crippen molar-refractivity contribution in [3.63, 3.8) is 0 Å². The molecule has 2 heterocycles. The van der Waals surface area contributed by atoms with Gasteiger partial charge in [-0.1, -0.05) is 42.0 Å². The van der Waals surface area contributed by atoms with E-state index in [0.29, 0.717) is 6.54 Å². The van der Waals surface area contributed by atoms with Crippen LogP contribution in [0.15, 0.2) is 48.5 Å². The van der Waals surface area contributed by atoms with Gasteiger partial charge in [-0.25, -0.2) is 9.07 Å². The molecule has 0 amide bonds. The number of benzene rings is 2. The summed E-state index contributed by atoms with van der Waals surface area (Å²) in [5, 5.41) is 12.6. The molecule has 1 aliphatic rings. The third kappa shape index (κ3) is 4.10. The minimum absolute atomic E-state index is 0.00949. The Bertz CT molecular complexity index is 897. The largest absolute Gasteiger partial charge is 0.304 e. The lowest BCUT2D eigenvalue weighted by molar-refractivity contribution is 0.121. The van der Waals surface area contributed by atoms with Crippen molar-refractivity contribution in [2.75, 3.05) is 33.2 Å². The van der Waals surface area contributed by atoms with E-state index in [0.717, 1.165) is 37.6 Å². The smallest absolute Gasteiger partial charge is 0.173 e. The molecule has 1 saturated heterocycles. The number of aryl methyl sites for hydroxylation is 1. The number of hydrogen-bond donors (Lipinski definition) is 0. The van der Waals surface area contributed by atoms with Crippen LogP contribution in [-0.2, 0) is 6.54 Å². The Morgan fingerprint density at radius 3 is 2.32 bits per heavy atom. The highest BCUT2D eigenvalue weighted by molar-refractivity contribution is 5.28. The summed E-state index contributed by atoms with van der Waals surface area (Å²) >= 11 is 0. The van der Waals surface area contributed by atoms with Gasteiger partial charge < -0.3 is 4.90 Å². The second-order valence-corrected chi connectivity index (χ2v) is 7.47. The SMILES string of the molecule is Cc1ccc([C@@H](c2nnnn2Cc2ccc(F)cc2)N2CCN(C)CC2)cc1. The first-order valence-corrected chi connectivity index (χ1v) is 9.60. The van der Waals surface area contributed by atoms with Gasteiger partial charge in [0.2, 0.25) is 0 Å². The second-order valence-electron chi connectivity index (χ2n) is 7.47. The zero-order valence-electron chi connectivity index (χ0n) is 16.3. The first-order chi connectivity index (χ1) is 13.6. The van der Waals surface area contributed by atoms with Crippen molar-refractivity contribution < 1.29 is 4.39 Å². The van der Waals surface area contributed by atoms with Crippen LogP contribution in [-0.4, -0.2) is 63.2 Å². The van der Waals surface area contributed by atoms with Crippen molar-refractivity contribution in [3.8, 4) is 0 Å². The molecule has 1 fully saturated rings. The first kappa shape index (κ1) is 18.7. The molecular formula is C21H25FN6. The Morgan fingerprint density at radius 1 is 0.964 bits per heavy atom. The molecule has 146 valence electrons. The average Bonchev–Trinajstić information content (AvgIpc) is 3.14. The minimum atomic E-state index is -0.240. The van der Waals surface area contributed by atoms with Gasteiger partial charge in [-0.15, -0.1) is 5.10 Å². The van der Waals surface area contributed by atoms with Crippen LogP contribution in [0.3, 0.4) is 0 Å². The fourth-order valence-corrected chi connectivity index (χ4v) is 3.63. The first-order valence-electron chi connectivity index (χ1n) is 9.60. The van der Waals surface area contributed by atoms with Crippen molar-refractivity contribution in [2.24, 2.45) is 0 Å². The van der Waals surface area contributed by atoms with Crippen LogP contribution in [0.4, 0.5) is 4.39 Å². The lowest BCUT2D eigenvalue weighted by Gasteiger charge is -2.37. The van der Waals surface area contributed by atoms with Crippen LogP contribution in [0.1, 0.15) is 28.6 Å². The molecule has 0 aliphatic carbocycles. The molecule has 6 nitrogen and oxygen atoms in total. The quantitative estimate of drug-likeness (QED) is 0.681. The number of hydrogen-bond acceptors (Lipinski definition) is 5. The van der Waals surface area contributed by atoms with Gasteiger partial charge in [-0.05, 0) is 47.7 Å². The molecule has 7 heteroatoms. The maximum absolute atomic E-state index is 13.2. The average molecular weight is 380 g/mol. The van der Waals surface area contributed by atoms with Crippen molar-refractivity contribution in [2.45, 2.75) is 19.5 Å². The lowest BCUT2D eigenvalue weighted by Crippen LogP contribution is -2.46. The van der Waals surface area contributed by atoms with E-state index in [1.807, 2.05) is 4.68 Å². The maximum Gasteiger partial charge on any atom is 0.173 e. The summed E-state index contributed by atoms with van der Waals surface area (Å²) in [4.78, 5) is 4.78. The summed E-state index contributed by atoms with van der Waals surface area (Å²) < 4.78 is 15.1. The fourth-order valence-electron chi connectivity index (χ4n) is 3.63. The molecule has 0 saturated carbocycles. The molecule has 0 spiro atoms. The normalized spacial score (nSPS) is 17.0. The van der Waals surface area contributed by atoms with Crippen LogP contribution in [0.2, 0.25) is 0 Å². The van der Waals surface area contributed by atoms with Crippen molar-refractivity contribution in [1.82, 2.24) is 30.0 Å². The van der Waals surface area contributed by atoms with Gasteiger partial charge in [-0.2, -0.15) is 0 Å². The van der Waals surface area contributed by atoms with Crippen LogP contribution >= 0.6 is 0 Å². The summed E-state index contributed by atoms with van der Waals surface area (Å²) in [5.74, 6) is 0.577. The van der Waals surface area contributed by atoms with Crippen molar-refractivity contribution in [3.05, 3.63) is 76.9 Å². The van der Waals surface area contributed by atoms with E-state index >= 15 is 0 Å². The van der Waals surface area contributed by atoms with E-state index < -0.39 is 0 Å². The molecule has 1 aliphatic heterocycles. The van der Waals surface area contributed by atoms with Gasteiger partial charge in [0.05, 0.1) is 12.6 Å². The standard InChI is InChI=1S/C21H25FN6/c1-16-3-7-18(8-4-16)20(27-13-11-26(2)12-14-27)21-23-24-25-28(21)15-17-5-9-19(22)10-6-17/h3-10,20H,11-15H2,1-2H3/t20-/m0/s1. The summed E-state index contributed by atoms with van der Waals surface area (Å²) in [6.45, 7) is 6.55. The molecule has 0 unspecified atom stereocenters. The monoisotopic (exact) mass is 380 g/mol. The Balaban J connectivity index is 1.67. The molecular weight excluding hydrogens is 355 g/mol. The van der Waals surface area contributed by atoms with Crippen LogP contribution in [0.5, 0.6) is 0 Å². The highest BCUT2D eigenvalue weighted by Crippen LogP contribution is 2.28. The number of halogens is 1. The summed E-state index contributed by atoms with van der Waals surface area (Å²) in [7, 11) is 2.15. The van der Waals surface area contributed by atoms with Gasteiger partial charge in [-0.3, -0.25) is 4.90 Å². The molecule has 0 N–H and O–H groups in total. The molecule has 3 aromatic rings. The zero-order valence-corrected chi connectivity index (χ0v) is 16.3. The van der Waals surface area contributed by atoms with E-state index in [9.17, 15) is 4.39 Å². The van der Waals surface area contributed by atoms with Gasteiger partial charge >= 0.3 is 0 Å². The molecule has 0 bridgehead atoms. The topological polar surface area (TPSA) is 50.1 Å². The number of likely N-dealkylation sites (N-methyl/N-ethyl adjacent to an activating group) is 1. The zero-order chi connectivity index (χ0) is 19.5. The highest BCUT2D eigenvalue weighted by atomic mass is 19.1. The van der Waals surface area contributed by atoms with Crippen LogP contribution < -0.4 is 0 Å². The van der Waals surface area contributed by atoms with Crippen molar-refractivity contribution >= 4 is 0 Å². The molecule has 1 atom stereocenters. The van der Waals surface area contributed by atoms with E-state index in [1.54, 1.807) is 12.1 Å². The summed E-state index contributed by atoms with van der Waals surface area (Å²) in [6, 6.07) is 15.1. The molecule has 2 aromatic carbocycles. The number of rotatable bonds is 5. The fraction of sp³-hybridized carbons (Fsp3) is 0.381. The summed E-state index contributed by atoms with van der Waals surface area (Å²) in [5.41, 5.74) is 3.38. The number of piperazine rings is 1. The number of aromatic nitrogens is 4. The Kier molecular flexibility index (Phi) is 5.45.